The van der Waals surface area contributed by atoms with Crippen molar-refractivity contribution in [1.82, 2.24) is 24.4 Å². The molecule has 0 radical (unpaired) electrons. The maximum absolute atomic E-state index is 13.4. The lowest BCUT2D eigenvalue weighted by Gasteiger charge is -2.09. The van der Waals surface area contributed by atoms with E-state index < -0.39 is 0 Å². The molecule has 0 aliphatic heterocycles. The number of rotatable bonds is 9. The number of methoxy groups -OCH3 is 1. The summed E-state index contributed by atoms with van der Waals surface area (Å²) in [4.78, 5) is 18.5. The van der Waals surface area contributed by atoms with Crippen molar-refractivity contribution in [2.75, 3.05) is 13.7 Å². The van der Waals surface area contributed by atoms with Crippen molar-refractivity contribution in [3.63, 3.8) is 0 Å². The van der Waals surface area contributed by atoms with Crippen LogP contribution in [0.5, 0.6) is 11.5 Å². The van der Waals surface area contributed by atoms with E-state index in [4.69, 9.17) is 14.6 Å². The molecule has 0 fully saturated rings. The number of para-hydroxylation sites is 1. The van der Waals surface area contributed by atoms with E-state index in [9.17, 15) is 4.79 Å². The van der Waals surface area contributed by atoms with Gasteiger partial charge in [-0.2, -0.15) is 14.6 Å². The molecule has 42 heavy (non-hydrogen) atoms. The fourth-order valence-corrected chi connectivity index (χ4v) is 5.45. The lowest BCUT2D eigenvalue weighted by molar-refractivity contribution is 0.315. The minimum Gasteiger partial charge on any atom is -0.497 e. The van der Waals surface area contributed by atoms with Gasteiger partial charge in [0.05, 0.1) is 23.9 Å². The van der Waals surface area contributed by atoms with E-state index in [-0.39, 0.29) is 5.56 Å². The third-order valence-electron chi connectivity index (χ3n) is 6.70. The molecule has 9 heteroatoms. The van der Waals surface area contributed by atoms with Crippen molar-refractivity contribution in [2.24, 2.45) is 0 Å². The van der Waals surface area contributed by atoms with Gasteiger partial charge in [-0.15, -0.1) is 5.10 Å². The van der Waals surface area contributed by atoms with E-state index in [0.29, 0.717) is 21.9 Å². The zero-order valence-electron chi connectivity index (χ0n) is 23.5. The molecule has 0 spiro atoms. The number of hydrogen-bond acceptors (Lipinski definition) is 7. The quantitative estimate of drug-likeness (QED) is 0.216. The molecule has 8 nitrogen and oxygen atoms in total. The summed E-state index contributed by atoms with van der Waals surface area (Å²) in [6.45, 7) is 4.79. The van der Waals surface area contributed by atoms with Crippen LogP contribution in [0, 0.1) is 6.92 Å². The highest BCUT2D eigenvalue weighted by atomic mass is 32.1. The van der Waals surface area contributed by atoms with Gasteiger partial charge in [0.1, 0.15) is 17.2 Å². The Morgan fingerprint density at radius 3 is 2.50 bits per heavy atom. The molecule has 0 N–H and O–H groups in total. The normalized spacial score (nSPS) is 12.0. The van der Waals surface area contributed by atoms with Crippen LogP contribution in [-0.4, -0.2) is 38.1 Å². The smallest absolute Gasteiger partial charge is 0.291 e. The van der Waals surface area contributed by atoms with Crippen molar-refractivity contribution in [1.29, 1.82) is 0 Å². The van der Waals surface area contributed by atoms with Gasteiger partial charge in [0.2, 0.25) is 4.96 Å². The number of aryl methyl sites for hydroxylation is 1. The molecular formula is C33H29N5O3S. The maximum Gasteiger partial charge on any atom is 0.291 e. The van der Waals surface area contributed by atoms with Crippen LogP contribution < -0.4 is 19.6 Å². The average Bonchev–Trinajstić information content (AvgIpc) is 3.70. The number of fused-ring (bicyclic) bond motifs is 1. The second kappa shape index (κ2) is 11.8. The van der Waals surface area contributed by atoms with Gasteiger partial charge >= 0.3 is 0 Å². The molecule has 6 rings (SSSR count). The standard InChI is InChI=1S/C33H29N5O3S/c1-4-18-41-28-16-13-24(19-22(28)2)31-25(21-37(36-31)26-8-6-5-7-9-26)20-29-32(39)38-33(42-29)34-30(35-38)17-12-23-10-14-27(40-3)15-11-23/h5-17,19-21H,4,18H2,1-3H3/b17-12+,29-20-. The SMILES string of the molecule is CCCOc1ccc(-c2nn(-c3ccccc3)cc2/C=c2\sc3nc(/C=C/c4ccc(OC)cc4)nn3c2=O)cc1C. The predicted molar refractivity (Wildman–Crippen MR) is 167 cm³/mol. The second-order valence-corrected chi connectivity index (χ2v) is 10.7. The van der Waals surface area contributed by atoms with Crippen LogP contribution in [0.1, 0.15) is 35.9 Å². The molecule has 0 atom stereocenters. The third kappa shape index (κ3) is 5.59. The molecule has 0 saturated heterocycles. The van der Waals surface area contributed by atoms with E-state index in [1.54, 1.807) is 13.2 Å². The van der Waals surface area contributed by atoms with Gasteiger partial charge in [-0.3, -0.25) is 4.79 Å². The van der Waals surface area contributed by atoms with Crippen LogP contribution in [-0.2, 0) is 0 Å². The lowest BCUT2D eigenvalue weighted by Crippen LogP contribution is -2.23. The Labute approximate surface area is 246 Å². The molecule has 210 valence electrons. The van der Waals surface area contributed by atoms with Crippen molar-refractivity contribution >= 4 is 34.5 Å². The minimum atomic E-state index is -0.218. The Morgan fingerprint density at radius 2 is 1.79 bits per heavy atom. The van der Waals surface area contributed by atoms with Gasteiger partial charge in [-0.1, -0.05) is 54.7 Å². The minimum absolute atomic E-state index is 0.218. The summed E-state index contributed by atoms with van der Waals surface area (Å²) >= 11 is 1.30. The predicted octanol–water partition coefficient (Wildman–Crippen LogP) is 5.83. The highest BCUT2D eigenvalue weighted by molar-refractivity contribution is 7.15. The van der Waals surface area contributed by atoms with Crippen molar-refractivity contribution in [3.05, 3.63) is 116 Å². The Hall–Kier alpha value is -5.02. The number of ether oxygens (including phenoxy) is 2. The molecule has 0 saturated carbocycles. The highest BCUT2D eigenvalue weighted by Gasteiger charge is 2.15. The molecular weight excluding hydrogens is 546 g/mol. The number of nitrogens with zero attached hydrogens (tertiary/aromatic N) is 5. The number of hydrogen-bond donors (Lipinski definition) is 0. The number of benzene rings is 3. The van der Waals surface area contributed by atoms with Crippen LogP contribution in [0.4, 0.5) is 0 Å². The summed E-state index contributed by atoms with van der Waals surface area (Å²) in [6, 6.07) is 23.6. The van der Waals surface area contributed by atoms with E-state index in [1.807, 2.05) is 96.7 Å². The van der Waals surface area contributed by atoms with Crippen LogP contribution in [0.25, 0.3) is 40.1 Å². The van der Waals surface area contributed by atoms with Gasteiger partial charge in [0.25, 0.3) is 5.56 Å². The van der Waals surface area contributed by atoms with Crippen LogP contribution >= 0.6 is 11.3 Å². The van der Waals surface area contributed by atoms with Gasteiger partial charge in [-0.05, 0) is 79.1 Å². The monoisotopic (exact) mass is 575 g/mol. The Balaban J connectivity index is 1.37. The summed E-state index contributed by atoms with van der Waals surface area (Å²) in [5.41, 5.74) is 5.25. The Bertz CT molecular complexity index is 1990. The number of thiazole rings is 1. The maximum atomic E-state index is 13.4. The average molecular weight is 576 g/mol. The zero-order chi connectivity index (χ0) is 29.1. The first-order valence-corrected chi connectivity index (χ1v) is 14.5. The Kier molecular flexibility index (Phi) is 7.66. The fourth-order valence-electron chi connectivity index (χ4n) is 4.55. The summed E-state index contributed by atoms with van der Waals surface area (Å²) in [6.07, 6.45) is 8.46. The molecule has 3 aromatic heterocycles. The molecule has 0 aliphatic carbocycles. The zero-order valence-corrected chi connectivity index (χ0v) is 24.3. The fraction of sp³-hybridized carbons (Fsp3) is 0.152. The van der Waals surface area contributed by atoms with Crippen molar-refractivity contribution < 1.29 is 9.47 Å². The summed E-state index contributed by atoms with van der Waals surface area (Å²) < 4.78 is 14.8. The van der Waals surface area contributed by atoms with Gasteiger partial charge in [0.15, 0.2) is 5.82 Å². The van der Waals surface area contributed by atoms with Crippen LogP contribution in [0.2, 0.25) is 0 Å². The largest absolute Gasteiger partial charge is 0.497 e. The van der Waals surface area contributed by atoms with Gasteiger partial charge in [-0.25, -0.2) is 4.68 Å². The van der Waals surface area contributed by atoms with E-state index in [2.05, 4.69) is 23.1 Å². The Morgan fingerprint density at radius 1 is 0.976 bits per heavy atom. The van der Waals surface area contributed by atoms with Gasteiger partial charge < -0.3 is 9.47 Å². The van der Waals surface area contributed by atoms with Crippen molar-refractivity contribution in [3.8, 4) is 28.4 Å². The van der Waals surface area contributed by atoms with E-state index >= 15 is 0 Å². The second-order valence-electron chi connectivity index (χ2n) is 9.73. The van der Waals surface area contributed by atoms with Crippen LogP contribution in [0.15, 0.2) is 83.8 Å². The third-order valence-corrected chi connectivity index (χ3v) is 7.66. The number of aromatic nitrogens is 5. The highest BCUT2D eigenvalue weighted by Crippen LogP contribution is 2.29. The van der Waals surface area contributed by atoms with Crippen LogP contribution in [0.3, 0.4) is 0 Å². The van der Waals surface area contributed by atoms with Crippen molar-refractivity contribution in [2.45, 2.75) is 20.3 Å². The molecule has 0 bridgehead atoms. The molecule has 0 unspecified atom stereocenters. The summed E-state index contributed by atoms with van der Waals surface area (Å²) in [7, 11) is 1.64. The molecule has 3 aromatic carbocycles. The summed E-state index contributed by atoms with van der Waals surface area (Å²) in [5.74, 6) is 2.12. The van der Waals surface area contributed by atoms with Gasteiger partial charge in [0, 0.05) is 17.3 Å². The topological polar surface area (TPSA) is 83.5 Å². The lowest BCUT2D eigenvalue weighted by atomic mass is 10.0. The first-order valence-electron chi connectivity index (χ1n) is 13.6. The molecule has 3 heterocycles. The molecule has 6 aromatic rings. The first kappa shape index (κ1) is 27.2. The van der Waals surface area contributed by atoms with E-state index in [1.165, 1.54) is 15.9 Å². The molecule has 0 aliphatic rings. The molecule has 0 amide bonds. The van der Waals surface area contributed by atoms with E-state index in [0.717, 1.165) is 51.6 Å². The first-order chi connectivity index (χ1) is 20.5. The summed E-state index contributed by atoms with van der Waals surface area (Å²) in [5, 5.41) is 9.36.